The molecule has 4 saturated carbocycles. The molecule has 0 bridgehead atoms. The van der Waals surface area contributed by atoms with E-state index in [9.17, 15) is 20.8 Å². The fraction of sp³-hybridized carbons (Fsp3) is 0.542. The van der Waals surface area contributed by atoms with Crippen molar-refractivity contribution in [2.45, 2.75) is 140 Å². The quantitative estimate of drug-likeness (QED) is 0.0794. The van der Waals surface area contributed by atoms with Crippen LogP contribution in [0.3, 0.4) is 0 Å². The molecule has 8 heteroatoms. The smallest absolute Gasteiger partial charge is 0.182 e. The summed E-state index contributed by atoms with van der Waals surface area (Å²) in [6, 6.07) is 27.7. The number of hydroxylamine groups is 4. The predicted molar refractivity (Wildman–Crippen MR) is 227 cm³/mol. The van der Waals surface area contributed by atoms with Crippen molar-refractivity contribution in [3.8, 4) is 0 Å². The van der Waals surface area contributed by atoms with Crippen LogP contribution in [0, 0.1) is 44.5 Å². The van der Waals surface area contributed by atoms with E-state index in [0.29, 0.717) is 23.7 Å². The molecule has 3 aromatic rings. The Kier molecular flexibility index (Phi) is 13.9. The van der Waals surface area contributed by atoms with Crippen LogP contribution in [0.15, 0.2) is 84.9 Å². The summed E-state index contributed by atoms with van der Waals surface area (Å²) >= 11 is 0. The summed E-state index contributed by atoms with van der Waals surface area (Å²) in [6.07, 6.45) is 25.8. The topological polar surface area (TPSA) is 104 Å². The van der Waals surface area contributed by atoms with Crippen LogP contribution in [0.1, 0.15) is 138 Å². The molecule has 0 saturated heterocycles. The molecule has 0 amide bonds. The lowest BCUT2D eigenvalue weighted by atomic mass is 9.76. The highest BCUT2D eigenvalue weighted by Crippen LogP contribution is 2.38. The average Bonchev–Trinajstić information content (AvgIpc) is 3.23. The Balaban J connectivity index is 0.792. The van der Waals surface area contributed by atoms with Gasteiger partial charge in [-0.05, 0) is 136 Å². The van der Waals surface area contributed by atoms with Gasteiger partial charge in [-0.25, -0.2) is 19.0 Å². The minimum absolute atomic E-state index is 0.0184. The second kappa shape index (κ2) is 19.6. The summed E-state index contributed by atoms with van der Waals surface area (Å²) in [5.41, 5.74) is 3.67. The summed E-state index contributed by atoms with van der Waals surface area (Å²) in [5, 5.41) is 51.8. The summed E-state index contributed by atoms with van der Waals surface area (Å²) in [5.74, 6) is 2.72. The van der Waals surface area contributed by atoms with E-state index in [1.54, 1.807) is 24.9 Å². The van der Waals surface area contributed by atoms with Crippen molar-refractivity contribution in [3.05, 3.63) is 128 Å². The van der Waals surface area contributed by atoms with Crippen molar-refractivity contribution in [1.29, 1.82) is 0 Å². The molecule has 3 aromatic carbocycles. The summed E-state index contributed by atoms with van der Waals surface area (Å²) in [6.45, 7) is 0. The fourth-order valence-electron chi connectivity index (χ4n) is 10.2. The van der Waals surface area contributed by atoms with Gasteiger partial charge in [-0.3, -0.25) is 0 Å². The Morgan fingerprint density at radius 3 is 0.768 bits per heavy atom. The van der Waals surface area contributed by atoms with Crippen LogP contribution in [0.2, 0.25) is 0 Å². The maximum absolute atomic E-state index is 13.2. The number of benzene rings is 3. The van der Waals surface area contributed by atoms with Crippen LogP contribution >= 0.6 is 0 Å². The molecule has 0 aliphatic heterocycles. The minimum atomic E-state index is 0.0184. The Morgan fingerprint density at radius 2 is 0.536 bits per heavy atom. The van der Waals surface area contributed by atoms with Gasteiger partial charge >= 0.3 is 0 Å². The van der Waals surface area contributed by atoms with E-state index in [0.717, 1.165) is 125 Å². The van der Waals surface area contributed by atoms with Crippen molar-refractivity contribution < 1.29 is 19.0 Å². The maximum Gasteiger partial charge on any atom is 0.182 e. The normalized spacial score (nSPS) is 29.9. The van der Waals surface area contributed by atoms with Gasteiger partial charge in [-0.2, -0.15) is 0 Å². The zero-order valence-corrected chi connectivity index (χ0v) is 33.2. The van der Waals surface area contributed by atoms with Crippen molar-refractivity contribution in [2.75, 3.05) is 0 Å². The second-order valence-electron chi connectivity index (χ2n) is 17.6. The highest BCUT2D eigenvalue weighted by atomic mass is 16.5. The molecular formula is C48H62N4O4. The van der Waals surface area contributed by atoms with Crippen molar-refractivity contribution in [2.24, 2.45) is 23.7 Å². The van der Waals surface area contributed by atoms with E-state index >= 15 is 0 Å². The molecule has 4 aliphatic carbocycles. The Morgan fingerprint density at radius 1 is 0.321 bits per heavy atom. The van der Waals surface area contributed by atoms with Gasteiger partial charge in [0.1, 0.15) is 0 Å². The molecule has 8 nitrogen and oxygen atoms in total. The Hall–Kier alpha value is -4.46. The van der Waals surface area contributed by atoms with Crippen LogP contribution in [0.5, 0.6) is 0 Å². The number of nitrogens with zero attached hydrogens (tertiary/aromatic N) is 4. The van der Waals surface area contributed by atoms with E-state index in [1.165, 1.54) is 31.8 Å². The molecular weight excluding hydrogens is 697 g/mol. The zero-order valence-electron chi connectivity index (χ0n) is 33.2. The zero-order chi connectivity index (χ0) is 38.7. The van der Waals surface area contributed by atoms with Gasteiger partial charge in [0.25, 0.3) is 0 Å². The van der Waals surface area contributed by atoms with Gasteiger partial charge in [0.2, 0.25) is 0 Å². The van der Waals surface area contributed by atoms with Crippen LogP contribution in [0.4, 0.5) is 0 Å². The van der Waals surface area contributed by atoms with Gasteiger partial charge in [0.05, 0.1) is 0 Å². The Labute approximate surface area is 334 Å². The lowest BCUT2D eigenvalue weighted by molar-refractivity contribution is -0.502. The molecule has 0 spiro atoms. The van der Waals surface area contributed by atoms with Crippen LogP contribution < -0.4 is 0 Å². The molecule has 0 unspecified atom stereocenters. The van der Waals surface area contributed by atoms with Gasteiger partial charge in [0, 0.05) is 73.6 Å². The van der Waals surface area contributed by atoms with Crippen molar-refractivity contribution in [3.63, 3.8) is 0 Å². The standard InChI is InChI=1S/C48H62N4O4/c53-49(33-41-7-3-1-4-8-41)45-23-15-37(16-24-45)31-39-19-27-47(28-20-39)51(55)35-43-11-13-44(14-12-43)36-52(56)48-29-21-40(22-30-48)32-38-17-25-46(26-18-38)50(54)34-42-9-5-2-6-10-42/h1-14,33-40,45-48H,15-32H2/b49-33-,50-34-,51-35-,52-36-. The lowest BCUT2D eigenvalue weighted by Crippen LogP contribution is -2.31. The number of rotatable bonds is 12. The van der Waals surface area contributed by atoms with E-state index in [2.05, 4.69) is 0 Å². The molecule has 298 valence electrons. The Bertz CT molecular complexity index is 1640. The summed E-state index contributed by atoms with van der Waals surface area (Å²) in [7, 11) is 0. The van der Waals surface area contributed by atoms with Gasteiger partial charge in [-0.1, -0.05) is 36.4 Å². The van der Waals surface area contributed by atoms with E-state index < -0.39 is 0 Å². The molecule has 0 N–H and O–H groups in total. The summed E-state index contributed by atoms with van der Waals surface area (Å²) < 4.78 is 4.69. The van der Waals surface area contributed by atoms with Crippen molar-refractivity contribution >= 4 is 24.9 Å². The average molecular weight is 759 g/mol. The highest BCUT2D eigenvalue weighted by Gasteiger charge is 2.33. The first-order valence-electron chi connectivity index (χ1n) is 21.8. The SMILES string of the molecule is [O-]/[N+](=C\c1ccccc1)C1CCC(CC2CCC(/[N+]([O-])=C/c3ccc(/C=[N+](\[O-])C4CCC(CC5CCC(/[N+]([O-])=C/c6ccccc6)CC5)CC4)cc3)CC2)CC1. The first kappa shape index (κ1) is 39.8. The van der Waals surface area contributed by atoms with Gasteiger partial charge in [-0.15, -0.1) is 0 Å². The third-order valence-electron chi connectivity index (χ3n) is 13.7. The van der Waals surface area contributed by atoms with E-state index in [4.69, 9.17) is 0 Å². The van der Waals surface area contributed by atoms with Crippen LogP contribution in [-0.4, -0.2) is 68.0 Å². The molecule has 0 aromatic heterocycles. The molecule has 56 heavy (non-hydrogen) atoms. The largest absolute Gasteiger partial charge is 0.624 e. The monoisotopic (exact) mass is 758 g/mol. The lowest BCUT2D eigenvalue weighted by Gasteiger charge is -2.33. The van der Waals surface area contributed by atoms with E-state index in [1.807, 2.05) is 84.9 Å². The number of hydrogen-bond donors (Lipinski definition) is 0. The second-order valence-corrected chi connectivity index (χ2v) is 17.6. The third kappa shape index (κ3) is 11.3. The third-order valence-corrected chi connectivity index (χ3v) is 13.7. The molecule has 0 heterocycles. The first-order valence-corrected chi connectivity index (χ1v) is 21.8. The van der Waals surface area contributed by atoms with Crippen molar-refractivity contribution in [1.82, 2.24) is 0 Å². The van der Waals surface area contributed by atoms with E-state index in [-0.39, 0.29) is 24.2 Å². The molecule has 4 aliphatic rings. The van der Waals surface area contributed by atoms with Crippen LogP contribution in [-0.2, 0) is 0 Å². The number of hydrogen-bond acceptors (Lipinski definition) is 4. The minimum Gasteiger partial charge on any atom is -0.624 e. The molecule has 0 atom stereocenters. The van der Waals surface area contributed by atoms with Gasteiger partial charge < -0.3 is 20.8 Å². The van der Waals surface area contributed by atoms with Crippen LogP contribution in [0.25, 0.3) is 0 Å². The predicted octanol–water partition coefficient (Wildman–Crippen LogP) is 9.82. The highest BCUT2D eigenvalue weighted by molar-refractivity contribution is 5.80. The molecule has 7 rings (SSSR count). The summed E-state index contributed by atoms with van der Waals surface area (Å²) in [4.78, 5) is 0. The molecule has 0 radical (unpaired) electrons. The molecule has 4 fully saturated rings. The fourth-order valence-corrected chi connectivity index (χ4v) is 10.2. The first-order chi connectivity index (χ1) is 27.3. The van der Waals surface area contributed by atoms with Gasteiger partial charge in [0.15, 0.2) is 49.0 Å². The maximum atomic E-state index is 13.2.